The second-order valence-electron chi connectivity index (χ2n) is 14.6. The fraction of sp³-hybridized carbons (Fsp3) is 0.405. The Labute approximate surface area is 289 Å². The molecule has 5 aromatic heterocycles. The molecule has 1 aliphatic heterocycles. The summed E-state index contributed by atoms with van der Waals surface area (Å²) in [5.41, 5.74) is 1.24. The Hall–Kier alpha value is -5.30. The lowest BCUT2D eigenvalue weighted by Crippen LogP contribution is -2.48. The van der Waals surface area contributed by atoms with E-state index in [9.17, 15) is 9.59 Å². The number of aryl methyl sites for hydroxylation is 1. The van der Waals surface area contributed by atoms with Gasteiger partial charge in [-0.1, -0.05) is 6.07 Å². The molecular weight excluding hydrogens is 636 g/mol. The predicted molar refractivity (Wildman–Crippen MR) is 191 cm³/mol. The molecular formula is C37H42N8O5. The van der Waals surface area contributed by atoms with Crippen molar-refractivity contribution < 1.29 is 19.0 Å². The predicted octanol–water partition coefficient (Wildman–Crippen LogP) is 7.11. The first-order valence-electron chi connectivity index (χ1n) is 16.9. The molecule has 13 heteroatoms. The zero-order valence-corrected chi connectivity index (χ0v) is 29.5. The van der Waals surface area contributed by atoms with E-state index >= 15 is 0 Å². The van der Waals surface area contributed by atoms with Gasteiger partial charge in [-0.05, 0) is 91.1 Å². The van der Waals surface area contributed by atoms with Crippen LogP contribution in [0.15, 0.2) is 65.8 Å². The quantitative estimate of drug-likeness (QED) is 0.181. The fourth-order valence-corrected chi connectivity index (χ4v) is 6.45. The van der Waals surface area contributed by atoms with Gasteiger partial charge in [-0.3, -0.25) is 9.69 Å². The number of ether oxygens (including phenoxy) is 3. The van der Waals surface area contributed by atoms with E-state index in [-0.39, 0.29) is 18.3 Å². The summed E-state index contributed by atoms with van der Waals surface area (Å²) < 4.78 is 23.1. The van der Waals surface area contributed by atoms with Crippen LogP contribution in [0.5, 0.6) is 11.6 Å². The van der Waals surface area contributed by atoms with Gasteiger partial charge >= 0.3 is 6.09 Å². The smallest absolute Gasteiger partial charge is 0.416 e. The van der Waals surface area contributed by atoms with Crippen LogP contribution in [0.3, 0.4) is 0 Å². The average molecular weight is 679 g/mol. The number of nitrogens with zero attached hydrogens (tertiary/aromatic N) is 8. The van der Waals surface area contributed by atoms with Gasteiger partial charge in [0, 0.05) is 42.2 Å². The van der Waals surface area contributed by atoms with E-state index in [2.05, 4.69) is 15.2 Å². The monoisotopic (exact) mass is 678 g/mol. The molecule has 13 nitrogen and oxygen atoms in total. The van der Waals surface area contributed by atoms with Crippen molar-refractivity contribution in [1.82, 2.24) is 34.1 Å². The van der Waals surface area contributed by atoms with Gasteiger partial charge in [0.1, 0.15) is 22.7 Å². The maximum atomic E-state index is 13.9. The number of fused-ring (bicyclic) bond motifs is 4. The van der Waals surface area contributed by atoms with Crippen molar-refractivity contribution in [3.63, 3.8) is 0 Å². The molecule has 1 atom stereocenters. The van der Waals surface area contributed by atoms with E-state index < -0.39 is 17.2 Å². The Morgan fingerprint density at radius 2 is 1.78 bits per heavy atom. The zero-order valence-electron chi connectivity index (χ0n) is 29.5. The first kappa shape index (κ1) is 33.2. The lowest BCUT2D eigenvalue weighted by Gasteiger charge is -2.36. The summed E-state index contributed by atoms with van der Waals surface area (Å²) in [6.07, 6.45) is 7.66. The summed E-state index contributed by atoms with van der Waals surface area (Å²) in [7, 11) is 1.86. The highest BCUT2D eigenvalue weighted by Gasteiger charge is 2.33. The minimum atomic E-state index is -0.671. The summed E-state index contributed by atoms with van der Waals surface area (Å²) in [4.78, 5) is 37.9. The molecule has 0 aliphatic carbocycles. The molecule has 1 aliphatic rings. The average Bonchev–Trinajstić information content (AvgIpc) is 3.61. The van der Waals surface area contributed by atoms with Crippen LogP contribution in [0.2, 0.25) is 0 Å². The topological polar surface area (TPSA) is 131 Å². The summed E-state index contributed by atoms with van der Waals surface area (Å²) >= 11 is 0. The van der Waals surface area contributed by atoms with Gasteiger partial charge in [-0.25, -0.2) is 24.1 Å². The highest BCUT2D eigenvalue weighted by molar-refractivity contribution is 6.07. The molecule has 6 heterocycles. The third-order valence-corrected chi connectivity index (χ3v) is 8.69. The van der Waals surface area contributed by atoms with Gasteiger partial charge in [0.15, 0.2) is 6.23 Å². The van der Waals surface area contributed by atoms with E-state index in [0.717, 1.165) is 53.1 Å². The van der Waals surface area contributed by atoms with Crippen LogP contribution < -0.4 is 15.2 Å². The molecule has 0 radical (unpaired) electrons. The number of hydrogen-bond acceptors (Lipinski definition) is 9. The number of aromatic nitrogens is 7. The van der Waals surface area contributed by atoms with Crippen molar-refractivity contribution in [2.75, 3.05) is 11.5 Å². The minimum absolute atomic E-state index is 0.101. The standard InChI is InChI=1S/C37H42N8O5/c1-36(2,3)44(35(47)50-37(4,5)6)30-12-10-11-23(41-30)22-43-34(46)32-26(20-39-43)25-15-14-24(19-29(25)42(32)7)49-33-27-21-40-45(28(27)16-17-38-33)31-13-8-9-18-48-31/h10-12,14-17,19-21,31H,8-9,13,18,22H2,1-7H3. The molecule has 1 fully saturated rings. The molecule has 50 heavy (non-hydrogen) atoms. The van der Waals surface area contributed by atoms with Crippen molar-refractivity contribution >= 4 is 44.6 Å². The van der Waals surface area contributed by atoms with Gasteiger partial charge in [-0.2, -0.15) is 10.2 Å². The Balaban J connectivity index is 1.18. The normalized spacial score (nSPS) is 15.5. The second-order valence-corrected chi connectivity index (χ2v) is 14.6. The van der Waals surface area contributed by atoms with Crippen molar-refractivity contribution in [3.8, 4) is 11.6 Å². The molecule has 0 bridgehead atoms. The van der Waals surface area contributed by atoms with Gasteiger partial charge in [0.25, 0.3) is 5.56 Å². The van der Waals surface area contributed by atoms with Gasteiger partial charge in [0.05, 0.1) is 41.1 Å². The fourth-order valence-electron chi connectivity index (χ4n) is 6.45. The Morgan fingerprint density at radius 1 is 0.980 bits per heavy atom. The highest BCUT2D eigenvalue weighted by Crippen LogP contribution is 2.34. The number of hydrogen-bond donors (Lipinski definition) is 0. The molecule has 0 spiro atoms. The number of rotatable bonds is 6. The van der Waals surface area contributed by atoms with Crippen LogP contribution >= 0.6 is 0 Å². The third kappa shape index (κ3) is 6.28. The molecule has 0 N–H and O–H groups in total. The number of anilines is 1. The lowest BCUT2D eigenvalue weighted by atomic mass is 10.1. The van der Waals surface area contributed by atoms with Crippen molar-refractivity contribution in [1.29, 1.82) is 0 Å². The summed E-state index contributed by atoms with van der Waals surface area (Å²) in [5, 5.41) is 11.5. The van der Waals surface area contributed by atoms with Crippen LogP contribution in [0.25, 0.3) is 32.7 Å². The molecule has 1 amide bonds. The Kier molecular flexibility index (Phi) is 8.33. The van der Waals surface area contributed by atoms with E-state index in [1.54, 1.807) is 24.7 Å². The highest BCUT2D eigenvalue weighted by atomic mass is 16.6. The largest absolute Gasteiger partial charge is 0.443 e. The SMILES string of the molecule is Cn1c2cc(Oc3nccc4c3cnn4C3CCCCO3)ccc2c2cnn(Cc3cccc(N(C(=O)OC(C)(C)C)C(C)(C)C)n3)c(=O)c21. The Morgan fingerprint density at radius 3 is 2.52 bits per heavy atom. The molecule has 7 rings (SSSR count). The molecule has 260 valence electrons. The summed E-state index contributed by atoms with van der Waals surface area (Å²) in [6, 6.07) is 13.0. The number of amides is 1. The molecule has 1 unspecified atom stereocenters. The molecule has 6 aromatic rings. The molecule has 0 saturated carbocycles. The van der Waals surface area contributed by atoms with E-state index in [4.69, 9.17) is 19.2 Å². The van der Waals surface area contributed by atoms with Crippen molar-refractivity contribution in [3.05, 3.63) is 77.1 Å². The zero-order chi connectivity index (χ0) is 35.4. The van der Waals surface area contributed by atoms with Crippen LogP contribution in [0.1, 0.15) is 72.7 Å². The molecule has 1 saturated heterocycles. The van der Waals surface area contributed by atoms with E-state index in [0.29, 0.717) is 28.7 Å². The summed E-state index contributed by atoms with van der Waals surface area (Å²) in [5.74, 6) is 1.45. The van der Waals surface area contributed by atoms with Gasteiger partial charge in [-0.15, -0.1) is 0 Å². The first-order chi connectivity index (χ1) is 23.8. The summed E-state index contributed by atoms with van der Waals surface area (Å²) in [6.45, 7) is 12.1. The third-order valence-electron chi connectivity index (χ3n) is 8.69. The van der Waals surface area contributed by atoms with E-state index in [1.807, 2.05) is 94.2 Å². The lowest BCUT2D eigenvalue weighted by molar-refractivity contribution is -0.0366. The number of carbonyl (C=O) groups excluding carboxylic acids is 1. The molecule has 1 aromatic carbocycles. The maximum absolute atomic E-state index is 13.9. The van der Waals surface area contributed by atoms with E-state index in [1.165, 1.54) is 9.58 Å². The first-order valence-corrected chi connectivity index (χ1v) is 16.9. The van der Waals surface area contributed by atoms with Crippen LogP contribution in [0, 0.1) is 0 Å². The Bertz CT molecular complexity index is 2290. The van der Waals surface area contributed by atoms with Crippen molar-refractivity contribution in [2.45, 2.75) is 84.7 Å². The number of pyridine rings is 2. The number of carbonyl (C=O) groups is 1. The maximum Gasteiger partial charge on any atom is 0.416 e. The van der Waals surface area contributed by atoms with Crippen LogP contribution in [0.4, 0.5) is 10.6 Å². The van der Waals surface area contributed by atoms with Crippen LogP contribution in [-0.4, -0.2) is 57.9 Å². The van der Waals surface area contributed by atoms with Crippen molar-refractivity contribution in [2.24, 2.45) is 7.05 Å². The van der Waals surface area contributed by atoms with Crippen LogP contribution in [-0.2, 0) is 23.1 Å². The van der Waals surface area contributed by atoms with Gasteiger partial charge in [0.2, 0.25) is 5.88 Å². The minimum Gasteiger partial charge on any atom is -0.443 e. The second kappa shape index (κ2) is 12.5. The van der Waals surface area contributed by atoms with Gasteiger partial charge < -0.3 is 18.8 Å². The number of benzene rings is 1.